The van der Waals surface area contributed by atoms with Gasteiger partial charge in [-0.15, -0.1) is 22.7 Å². The van der Waals surface area contributed by atoms with Crippen LogP contribution in [0.15, 0.2) is 59.4 Å². The molecule has 0 amide bonds. The molecule has 0 fully saturated rings. The van der Waals surface area contributed by atoms with Crippen molar-refractivity contribution in [3.63, 3.8) is 0 Å². The first-order chi connectivity index (χ1) is 12.6. The summed E-state index contributed by atoms with van der Waals surface area (Å²) >= 11 is 3.36. The van der Waals surface area contributed by atoms with Gasteiger partial charge in [0.15, 0.2) is 0 Å². The van der Waals surface area contributed by atoms with Crippen molar-refractivity contribution in [2.75, 3.05) is 6.54 Å². The number of aromatic nitrogens is 1. The molecule has 0 atom stereocenters. The fraction of sp³-hybridized carbons (Fsp3) is 0.200. The molecule has 134 valence electrons. The fourth-order valence-electron chi connectivity index (χ4n) is 3.30. The van der Waals surface area contributed by atoms with Crippen LogP contribution in [0.2, 0.25) is 0 Å². The summed E-state index contributed by atoms with van der Waals surface area (Å²) in [6, 6.07) is 13.6. The molecule has 0 saturated carbocycles. The van der Waals surface area contributed by atoms with Crippen molar-refractivity contribution in [2.45, 2.75) is 19.5 Å². The smallest absolute Gasteiger partial charge is 0.144 e. The number of nitrogens with zero attached hydrogens (tertiary/aromatic N) is 1. The predicted octanol–water partition coefficient (Wildman–Crippen LogP) is 5.15. The molecule has 4 aromatic rings. The van der Waals surface area contributed by atoms with Gasteiger partial charge in [0.1, 0.15) is 25.4 Å². The quantitative estimate of drug-likeness (QED) is 0.304. The number of phenols is 1. The van der Waals surface area contributed by atoms with Gasteiger partial charge in [0.2, 0.25) is 0 Å². The highest BCUT2D eigenvalue weighted by molar-refractivity contribution is 7.10. The molecule has 0 aliphatic rings. The van der Waals surface area contributed by atoms with Crippen LogP contribution in [-0.2, 0) is 19.5 Å². The maximum absolute atomic E-state index is 11.4. The maximum atomic E-state index is 11.4. The zero-order chi connectivity index (χ0) is 18.0. The SMILES string of the molecule is Oc1ccc2[nH]cc(CC[N+](O)(Cc3cccs3)Cc3cccs3)c2c1. The van der Waals surface area contributed by atoms with E-state index in [0.717, 1.165) is 22.9 Å². The molecule has 0 bridgehead atoms. The van der Waals surface area contributed by atoms with Crippen molar-refractivity contribution in [3.8, 4) is 5.75 Å². The number of H-pyrrole nitrogens is 1. The lowest BCUT2D eigenvalue weighted by atomic mass is 10.1. The van der Waals surface area contributed by atoms with Crippen molar-refractivity contribution in [1.29, 1.82) is 0 Å². The minimum absolute atomic E-state index is 0.0213. The highest BCUT2D eigenvalue weighted by Crippen LogP contribution is 2.26. The standard InChI is InChI=1S/C20H20N2O2S2/c23-16-5-6-20-19(11-16)15(12-21-20)7-8-22(24,13-17-3-1-9-25-17)14-18-4-2-10-26-18/h1-6,9-12,21,24H,7-8,13-14H2/p+1. The highest BCUT2D eigenvalue weighted by atomic mass is 32.1. The first kappa shape index (κ1) is 17.3. The number of aromatic amines is 1. The number of hydrogen-bond donors (Lipinski definition) is 3. The second-order valence-corrected chi connectivity index (χ2v) is 8.65. The number of fused-ring (bicyclic) bond motifs is 1. The Bertz CT molecular complexity index is 939. The third-order valence-electron chi connectivity index (χ3n) is 4.61. The minimum atomic E-state index is -0.0213. The third-order valence-corrected chi connectivity index (χ3v) is 6.33. The van der Waals surface area contributed by atoms with Gasteiger partial charge in [0.25, 0.3) is 0 Å². The van der Waals surface area contributed by atoms with E-state index in [1.165, 1.54) is 9.75 Å². The molecule has 0 radical (unpaired) electrons. The summed E-state index contributed by atoms with van der Waals surface area (Å²) < 4.78 is -0.0213. The Morgan fingerprint density at radius 2 is 1.65 bits per heavy atom. The van der Waals surface area contributed by atoms with Crippen LogP contribution in [0.5, 0.6) is 5.75 Å². The molecular formula is C20H21N2O2S2+. The van der Waals surface area contributed by atoms with Gasteiger partial charge < -0.3 is 10.1 Å². The summed E-state index contributed by atoms with van der Waals surface area (Å²) in [5, 5.41) is 26.3. The molecule has 3 heterocycles. The molecule has 0 aliphatic heterocycles. The van der Waals surface area contributed by atoms with Crippen LogP contribution >= 0.6 is 22.7 Å². The molecule has 4 rings (SSSR count). The number of nitrogens with one attached hydrogen (secondary N) is 1. The van der Waals surface area contributed by atoms with Gasteiger partial charge in [0, 0.05) is 23.5 Å². The van der Waals surface area contributed by atoms with Crippen LogP contribution in [0.4, 0.5) is 0 Å². The molecule has 1 aromatic carbocycles. The van der Waals surface area contributed by atoms with E-state index >= 15 is 0 Å². The zero-order valence-electron chi connectivity index (χ0n) is 14.3. The zero-order valence-corrected chi connectivity index (χ0v) is 15.9. The Hall–Kier alpha value is -2.12. The molecular weight excluding hydrogens is 364 g/mol. The van der Waals surface area contributed by atoms with E-state index in [1.54, 1.807) is 34.8 Å². The van der Waals surface area contributed by atoms with Crippen molar-refractivity contribution in [1.82, 2.24) is 4.98 Å². The van der Waals surface area contributed by atoms with Crippen LogP contribution in [0.25, 0.3) is 10.9 Å². The molecule has 0 aliphatic carbocycles. The number of hydrogen-bond acceptors (Lipinski definition) is 4. The second-order valence-electron chi connectivity index (χ2n) is 6.59. The number of hydroxylamine groups is 3. The monoisotopic (exact) mass is 385 g/mol. The molecule has 0 unspecified atom stereocenters. The van der Waals surface area contributed by atoms with Gasteiger partial charge in [-0.2, -0.15) is 4.65 Å². The van der Waals surface area contributed by atoms with Gasteiger partial charge >= 0.3 is 0 Å². The number of rotatable bonds is 7. The summed E-state index contributed by atoms with van der Waals surface area (Å²) in [7, 11) is 0. The van der Waals surface area contributed by atoms with E-state index in [4.69, 9.17) is 0 Å². The van der Waals surface area contributed by atoms with E-state index < -0.39 is 0 Å². The van der Waals surface area contributed by atoms with Crippen molar-refractivity contribution in [2.24, 2.45) is 0 Å². The Balaban J connectivity index is 1.56. The van der Waals surface area contributed by atoms with Crippen molar-refractivity contribution < 1.29 is 15.0 Å². The lowest BCUT2D eigenvalue weighted by molar-refractivity contribution is -1.12. The third kappa shape index (κ3) is 3.83. The molecule has 4 nitrogen and oxygen atoms in total. The highest BCUT2D eigenvalue weighted by Gasteiger charge is 2.28. The fourth-order valence-corrected chi connectivity index (χ4v) is 4.91. The summed E-state index contributed by atoms with van der Waals surface area (Å²) in [6.07, 6.45) is 2.71. The molecule has 0 saturated heterocycles. The Morgan fingerprint density at radius 3 is 2.27 bits per heavy atom. The van der Waals surface area contributed by atoms with E-state index in [1.807, 2.05) is 35.2 Å². The van der Waals surface area contributed by atoms with Crippen LogP contribution in [0, 0.1) is 0 Å². The topological polar surface area (TPSA) is 56.2 Å². The lowest BCUT2D eigenvalue weighted by Crippen LogP contribution is -2.44. The van der Waals surface area contributed by atoms with Crippen LogP contribution < -0.4 is 0 Å². The second kappa shape index (κ2) is 7.25. The van der Waals surface area contributed by atoms with Crippen LogP contribution in [-0.4, -0.2) is 26.5 Å². The van der Waals surface area contributed by atoms with Crippen molar-refractivity contribution >= 4 is 33.6 Å². The molecule has 0 spiro atoms. The Labute approximate surface area is 160 Å². The summed E-state index contributed by atoms with van der Waals surface area (Å²) in [4.78, 5) is 5.61. The number of thiophene rings is 2. The predicted molar refractivity (Wildman–Crippen MR) is 107 cm³/mol. The van der Waals surface area contributed by atoms with Crippen LogP contribution in [0.3, 0.4) is 0 Å². The summed E-state index contributed by atoms with van der Waals surface area (Å²) in [5.74, 6) is 0.264. The van der Waals surface area contributed by atoms with Crippen molar-refractivity contribution in [3.05, 3.63) is 74.7 Å². The number of phenolic OH excluding ortho intramolecular Hbond substituents is 1. The molecule has 3 N–H and O–H groups in total. The number of benzene rings is 1. The lowest BCUT2D eigenvalue weighted by Gasteiger charge is -2.29. The van der Waals surface area contributed by atoms with Gasteiger partial charge in [-0.3, -0.25) is 0 Å². The average molecular weight is 386 g/mol. The normalized spacial score (nSPS) is 12.0. The number of aromatic hydroxyl groups is 1. The van der Waals surface area contributed by atoms with E-state index in [0.29, 0.717) is 19.6 Å². The first-order valence-corrected chi connectivity index (χ1v) is 10.3. The molecule has 26 heavy (non-hydrogen) atoms. The van der Waals surface area contributed by atoms with E-state index in [9.17, 15) is 10.3 Å². The molecule has 6 heteroatoms. The summed E-state index contributed by atoms with van der Waals surface area (Å²) in [6.45, 7) is 1.81. The maximum Gasteiger partial charge on any atom is 0.144 e. The average Bonchev–Trinajstić information content (AvgIpc) is 3.35. The van der Waals surface area contributed by atoms with E-state index in [-0.39, 0.29) is 10.4 Å². The largest absolute Gasteiger partial charge is 0.508 e. The van der Waals surface area contributed by atoms with Gasteiger partial charge in [-0.05, 0) is 46.7 Å². The number of quaternary nitrogens is 1. The van der Waals surface area contributed by atoms with Gasteiger partial charge in [-0.25, -0.2) is 5.21 Å². The van der Waals surface area contributed by atoms with Crippen LogP contribution in [0.1, 0.15) is 15.3 Å². The van der Waals surface area contributed by atoms with Gasteiger partial charge in [0.05, 0.1) is 9.75 Å². The Morgan fingerprint density at radius 1 is 0.962 bits per heavy atom. The first-order valence-electron chi connectivity index (χ1n) is 8.54. The molecule has 3 aromatic heterocycles. The minimum Gasteiger partial charge on any atom is -0.508 e. The Kier molecular flexibility index (Phi) is 4.82. The van der Waals surface area contributed by atoms with Gasteiger partial charge in [-0.1, -0.05) is 12.1 Å². The van der Waals surface area contributed by atoms with E-state index in [2.05, 4.69) is 17.1 Å². The summed E-state index contributed by atoms with van der Waals surface area (Å²) in [5.41, 5.74) is 2.12.